The number of likely N-dealkylation sites (N-methyl/N-ethyl adjacent to an activating group) is 1. The van der Waals surface area contributed by atoms with Gasteiger partial charge in [-0.1, -0.05) is 17.7 Å². The summed E-state index contributed by atoms with van der Waals surface area (Å²) in [5, 5.41) is 16.4. The molecule has 0 saturated heterocycles. The highest BCUT2D eigenvalue weighted by atomic mass is 35.5. The number of carboxylic acid groups (broad SMARTS) is 1. The molecule has 4 aromatic heterocycles. The van der Waals surface area contributed by atoms with Crippen molar-refractivity contribution in [2.45, 2.75) is 20.0 Å². The second-order valence-electron chi connectivity index (χ2n) is 8.56. The van der Waals surface area contributed by atoms with Crippen molar-refractivity contribution >= 4 is 40.2 Å². The molecule has 184 valence electrons. The van der Waals surface area contributed by atoms with Crippen molar-refractivity contribution in [2.24, 2.45) is 0 Å². The van der Waals surface area contributed by atoms with Crippen LogP contribution in [0.3, 0.4) is 0 Å². The highest BCUT2D eigenvalue weighted by Crippen LogP contribution is 2.33. The van der Waals surface area contributed by atoms with Crippen LogP contribution in [0.5, 0.6) is 0 Å². The number of carbonyl (C=O) groups is 1. The SMILES string of the molecule is CNCCNc1cc(C)c(-n2cc(C(=O)O)c(=O)c3cc(Cl)c(N4Cc5cccnc5C4)nc32)cn1. The zero-order valence-electron chi connectivity index (χ0n) is 19.7. The van der Waals surface area contributed by atoms with Crippen molar-refractivity contribution < 1.29 is 9.90 Å². The molecule has 0 fully saturated rings. The van der Waals surface area contributed by atoms with Gasteiger partial charge in [-0.15, -0.1) is 0 Å². The first kappa shape index (κ1) is 23.7. The van der Waals surface area contributed by atoms with E-state index < -0.39 is 11.4 Å². The molecule has 5 rings (SSSR count). The second kappa shape index (κ2) is 9.56. The number of fused-ring (bicyclic) bond motifs is 2. The van der Waals surface area contributed by atoms with Crippen molar-refractivity contribution in [1.29, 1.82) is 0 Å². The first-order valence-corrected chi connectivity index (χ1v) is 11.8. The minimum Gasteiger partial charge on any atom is -0.477 e. The van der Waals surface area contributed by atoms with Gasteiger partial charge in [0.1, 0.15) is 11.4 Å². The highest BCUT2D eigenvalue weighted by molar-refractivity contribution is 6.33. The average Bonchev–Trinajstić information content (AvgIpc) is 3.29. The molecule has 10 nitrogen and oxygen atoms in total. The van der Waals surface area contributed by atoms with E-state index in [0.29, 0.717) is 42.6 Å². The van der Waals surface area contributed by atoms with E-state index >= 15 is 0 Å². The normalized spacial score (nSPS) is 12.7. The number of pyridine rings is 4. The number of carboxylic acids is 1. The zero-order valence-corrected chi connectivity index (χ0v) is 20.5. The van der Waals surface area contributed by atoms with Crippen LogP contribution in [0, 0.1) is 6.92 Å². The molecule has 4 aromatic rings. The Morgan fingerprint density at radius 1 is 1.22 bits per heavy atom. The lowest BCUT2D eigenvalue weighted by Crippen LogP contribution is -2.22. The van der Waals surface area contributed by atoms with Crippen molar-refractivity contribution in [3.63, 3.8) is 0 Å². The van der Waals surface area contributed by atoms with Gasteiger partial charge < -0.3 is 20.6 Å². The Bertz CT molecular complexity index is 1530. The third-order valence-electron chi connectivity index (χ3n) is 6.15. The number of anilines is 2. The number of rotatable bonds is 7. The van der Waals surface area contributed by atoms with Gasteiger partial charge in [0, 0.05) is 32.0 Å². The topological polar surface area (TPSA) is 125 Å². The van der Waals surface area contributed by atoms with Crippen LogP contribution in [0.4, 0.5) is 11.6 Å². The number of hydrogen-bond donors (Lipinski definition) is 3. The van der Waals surface area contributed by atoms with E-state index in [1.165, 1.54) is 12.3 Å². The van der Waals surface area contributed by atoms with Gasteiger partial charge in [0.2, 0.25) is 5.43 Å². The molecule has 11 heteroatoms. The van der Waals surface area contributed by atoms with Crippen LogP contribution >= 0.6 is 11.6 Å². The number of aromatic nitrogens is 4. The summed E-state index contributed by atoms with van der Waals surface area (Å²) in [5.74, 6) is -0.142. The van der Waals surface area contributed by atoms with E-state index in [9.17, 15) is 14.7 Å². The molecule has 1 aliphatic heterocycles. The van der Waals surface area contributed by atoms with Crippen molar-refractivity contribution in [2.75, 3.05) is 30.4 Å². The van der Waals surface area contributed by atoms with Crippen molar-refractivity contribution in [3.8, 4) is 5.69 Å². The molecule has 3 N–H and O–H groups in total. The second-order valence-corrected chi connectivity index (χ2v) is 8.97. The molecule has 0 radical (unpaired) electrons. The number of hydrogen-bond acceptors (Lipinski definition) is 8. The lowest BCUT2D eigenvalue weighted by molar-refractivity contribution is 0.0695. The Morgan fingerprint density at radius 2 is 2.06 bits per heavy atom. The van der Waals surface area contributed by atoms with Crippen LogP contribution in [0.1, 0.15) is 27.2 Å². The maximum absolute atomic E-state index is 13.1. The average molecular weight is 506 g/mol. The molecule has 5 heterocycles. The summed E-state index contributed by atoms with van der Waals surface area (Å²) in [6.07, 6.45) is 4.68. The van der Waals surface area contributed by atoms with Gasteiger partial charge >= 0.3 is 5.97 Å². The van der Waals surface area contributed by atoms with Crippen LogP contribution in [0.15, 0.2) is 47.7 Å². The van der Waals surface area contributed by atoms with Gasteiger partial charge in [-0.2, -0.15) is 0 Å². The predicted molar refractivity (Wildman–Crippen MR) is 138 cm³/mol. The summed E-state index contributed by atoms with van der Waals surface area (Å²) in [6.45, 7) is 4.47. The smallest absolute Gasteiger partial charge is 0.341 e. The Kier molecular flexibility index (Phi) is 6.29. The van der Waals surface area contributed by atoms with Gasteiger partial charge in [0.05, 0.1) is 34.5 Å². The summed E-state index contributed by atoms with van der Waals surface area (Å²) in [6, 6.07) is 7.26. The summed E-state index contributed by atoms with van der Waals surface area (Å²) >= 11 is 6.60. The fraction of sp³-hybridized carbons (Fsp3) is 0.240. The third kappa shape index (κ3) is 4.25. The van der Waals surface area contributed by atoms with Crippen LogP contribution in [-0.4, -0.2) is 50.7 Å². The lowest BCUT2D eigenvalue weighted by atomic mass is 10.1. The zero-order chi connectivity index (χ0) is 25.4. The Hall–Kier alpha value is -4.02. The Labute approximate surface area is 211 Å². The molecule has 0 bridgehead atoms. The number of nitrogens with one attached hydrogen (secondary N) is 2. The predicted octanol–water partition coefficient (Wildman–Crippen LogP) is 2.99. The van der Waals surface area contributed by atoms with Gasteiger partial charge in [-0.05, 0) is 43.3 Å². The fourth-order valence-corrected chi connectivity index (χ4v) is 4.61. The first-order valence-electron chi connectivity index (χ1n) is 11.4. The van der Waals surface area contributed by atoms with E-state index in [4.69, 9.17) is 16.6 Å². The summed E-state index contributed by atoms with van der Waals surface area (Å²) in [5.41, 5.74) is 2.74. The lowest BCUT2D eigenvalue weighted by Gasteiger charge is -2.20. The van der Waals surface area contributed by atoms with E-state index in [2.05, 4.69) is 20.6 Å². The Morgan fingerprint density at radius 3 is 2.78 bits per heavy atom. The summed E-state index contributed by atoms with van der Waals surface area (Å²) in [7, 11) is 1.87. The number of aryl methyl sites for hydroxylation is 1. The molecule has 0 aromatic carbocycles. The highest BCUT2D eigenvalue weighted by Gasteiger charge is 2.25. The molecule has 36 heavy (non-hydrogen) atoms. The monoisotopic (exact) mass is 505 g/mol. The Balaban J connectivity index is 1.66. The molecular formula is C25H24ClN7O3. The molecule has 0 saturated carbocycles. The molecule has 0 unspecified atom stereocenters. The quantitative estimate of drug-likeness (QED) is 0.325. The minimum atomic E-state index is -1.33. The standard InChI is InChI=1S/C25H24ClN7O3/c1-14-8-21(29-7-6-27-2)30-10-20(14)33-12-17(25(35)36)22(34)16-9-18(26)24(31-23(16)33)32-11-15-4-3-5-28-19(15)13-32/h3-5,8-10,12,27H,6-7,11,13H2,1-2H3,(H,29,30)(H,35,36). The molecule has 0 aliphatic carbocycles. The van der Waals surface area contributed by atoms with Gasteiger partial charge in [0.25, 0.3) is 0 Å². The van der Waals surface area contributed by atoms with E-state index in [1.807, 2.05) is 37.1 Å². The minimum absolute atomic E-state index is 0.120. The van der Waals surface area contributed by atoms with Crippen molar-refractivity contribution in [1.82, 2.24) is 24.8 Å². The fourth-order valence-electron chi connectivity index (χ4n) is 4.34. The van der Waals surface area contributed by atoms with E-state index in [1.54, 1.807) is 17.0 Å². The van der Waals surface area contributed by atoms with Crippen LogP contribution in [0.25, 0.3) is 16.7 Å². The van der Waals surface area contributed by atoms with Crippen LogP contribution < -0.4 is 21.0 Å². The molecule has 1 aliphatic rings. The first-order chi connectivity index (χ1) is 17.4. The molecular weight excluding hydrogens is 482 g/mol. The van der Waals surface area contributed by atoms with Gasteiger partial charge in [-0.25, -0.2) is 14.8 Å². The van der Waals surface area contributed by atoms with Crippen LogP contribution in [-0.2, 0) is 13.1 Å². The summed E-state index contributed by atoms with van der Waals surface area (Å²) < 4.78 is 1.60. The molecule has 0 amide bonds. The summed E-state index contributed by atoms with van der Waals surface area (Å²) in [4.78, 5) is 40.6. The maximum atomic E-state index is 13.1. The number of halogens is 1. The van der Waals surface area contributed by atoms with Gasteiger partial charge in [0.15, 0.2) is 11.5 Å². The van der Waals surface area contributed by atoms with Gasteiger partial charge in [-0.3, -0.25) is 14.3 Å². The number of nitrogens with zero attached hydrogens (tertiary/aromatic N) is 5. The van der Waals surface area contributed by atoms with E-state index in [0.717, 1.165) is 23.4 Å². The number of aromatic carboxylic acids is 1. The maximum Gasteiger partial charge on any atom is 0.341 e. The van der Waals surface area contributed by atoms with E-state index in [-0.39, 0.29) is 16.0 Å². The molecule has 0 spiro atoms. The molecule has 0 atom stereocenters. The largest absolute Gasteiger partial charge is 0.477 e. The van der Waals surface area contributed by atoms with Crippen LogP contribution in [0.2, 0.25) is 5.02 Å². The third-order valence-corrected chi connectivity index (χ3v) is 6.43. The van der Waals surface area contributed by atoms with Crippen molar-refractivity contribution in [3.05, 3.63) is 80.5 Å².